The van der Waals surface area contributed by atoms with Crippen molar-refractivity contribution in [3.63, 3.8) is 0 Å². The second kappa shape index (κ2) is 12.8. The van der Waals surface area contributed by atoms with Gasteiger partial charge in [0.2, 0.25) is 5.91 Å². The maximum Gasteiger partial charge on any atom is 0.261 e. The van der Waals surface area contributed by atoms with Crippen molar-refractivity contribution in [2.75, 3.05) is 6.61 Å². The van der Waals surface area contributed by atoms with Crippen LogP contribution in [0.1, 0.15) is 59.1 Å². The predicted molar refractivity (Wildman–Crippen MR) is 152 cm³/mol. The van der Waals surface area contributed by atoms with Gasteiger partial charge in [0.1, 0.15) is 11.8 Å². The molecule has 1 saturated carbocycles. The first-order valence-electron chi connectivity index (χ1n) is 13.7. The zero-order chi connectivity index (χ0) is 27.1. The van der Waals surface area contributed by atoms with Crippen molar-refractivity contribution in [1.82, 2.24) is 10.2 Å². The monoisotopic (exact) mass is 512 g/mol. The fraction of sp³-hybridized carbons (Fsp3) is 0.394. The first kappa shape index (κ1) is 27.4. The van der Waals surface area contributed by atoms with Gasteiger partial charge >= 0.3 is 0 Å². The van der Waals surface area contributed by atoms with E-state index < -0.39 is 6.04 Å². The molecular formula is C33H40N2O3. The second-order valence-electron chi connectivity index (χ2n) is 10.6. The Balaban J connectivity index is 1.64. The quantitative estimate of drug-likeness (QED) is 0.363. The molecule has 0 radical (unpaired) electrons. The van der Waals surface area contributed by atoms with Crippen molar-refractivity contribution in [3.8, 4) is 5.75 Å². The molecule has 38 heavy (non-hydrogen) atoms. The molecule has 0 aliphatic heterocycles. The van der Waals surface area contributed by atoms with Crippen LogP contribution in [0.5, 0.6) is 5.75 Å². The molecule has 4 rings (SSSR count). The van der Waals surface area contributed by atoms with E-state index in [1.54, 1.807) is 4.90 Å². The zero-order valence-electron chi connectivity index (χ0n) is 23.1. The minimum absolute atomic E-state index is 0.0923. The van der Waals surface area contributed by atoms with Gasteiger partial charge in [-0.3, -0.25) is 9.59 Å². The molecule has 0 saturated heterocycles. The number of nitrogens with one attached hydrogen (secondary N) is 1. The Bertz CT molecular complexity index is 1250. The van der Waals surface area contributed by atoms with Gasteiger partial charge in [0, 0.05) is 19.0 Å². The molecular weight excluding hydrogens is 472 g/mol. The van der Waals surface area contributed by atoms with Crippen molar-refractivity contribution < 1.29 is 14.3 Å². The fourth-order valence-corrected chi connectivity index (χ4v) is 5.27. The van der Waals surface area contributed by atoms with E-state index in [1.165, 1.54) is 0 Å². The Morgan fingerprint density at radius 2 is 1.61 bits per heavy atom. The molecule has 1 atom stereocenters. The minimum atomic E-state index is -0.644. The summed E-state index contributed by atoms with van der Waals surface area (Å²) in [5, 5.41) is 3.26. The summed E-state index contributed by atoms with van der Waals surface area (Å²) < 4.78 is 6.10. The van der Waals surface area contributed by atoms with E-state index in [1.807, 2.05) is 88.4 Å². The molecule has 200 valence electrons. The highest BCUT2D eigenvalue weighted by molar-refractivity contribution is 5.88. The normalized spacial score (nSPS) is 14.2. The number of amides is 2. The molecule has 1 fully saturated rings. The first-order chi connectivity index (χ1) is 18.3. The molecule has 2 amide bonds. The lowest BCUT2D eigenvalue weighted by Gasteiger charge is -2.32. The molecule has 5 nitrogen and oxygen atoms in total. The molecule has 1 aliphatic carbocycles. The SMILES string of the molecule is Cc1cc(C)c(C)c(OCC(=O)N(Cc2ccccc2C)[C@@H](Cc2ccccc2)C(=O)NC2CCCC2)c1. The third-order valence-corrected chi connectivity index (χ3v) is 7.69. The van der Waals surface area contributed by atoms with Gasteiger partial charge in [0.05, 0.1) is 0 Å². The lowest BCUT2D eigenvalue weighted by atomic mass is 10.0. The van der Waals surface area contributed by atoms with Gasteiger partial charge in [0.25, 0.3) is 5.91 Å². The number of benzene rings is 3. The average molecular weight is 513 g/mol. The third-order valence-electron chi connectivity index (χ3n) is 7.69. The lowest BCUT2D eigenvalue weighted by molar-refractivity contribution is -0.143. The van der Waals surface area contributed by atoms with Gasteiger partial charge < -0.3 is 15.0 Å². The average Bonchev–Trinajstić information content (AvgIpc) is 3.41. The van der Waals surface area contributed by atoms with E-state index in [0.29, 0.717) is 18.7 Å². The summed E-state index contributed by atoms with van der Waals surface area (Å²) in [6.45, 7) is 8.33. The van der Waals surface area contributed by atoms with E-state index >= 15 is 0 Å². The van der Waals surface area contributed by atoms with E-state index in [9.17, 15) is 9.59 Å². The Labute approximate surface area is 227 Å². The number of nitrogens with zero attached hydrogens (tertiary/aromatic N) is 1. The number of rotatable bonds is 10. The maximum absolute atomic E-state index is 13.9. The molecule has 0 bridgehead atoms. The second-order valence-corrected chi connectivity index (χ2v) is 10.6. The van der Waals surface area contributed by atoms with Crippen molar-refractivity contribution in [1.29, 1.82) is 0 Å². The Hall–Kier alpha value is -3.60. The number of ether oxygens (including phenoxy) is 1. The molecule has 1 N–H and O–H groups in total. The third kappa shape index (κ3) is 7.03. The summed E-state index contributed by atoms with van der Waals surface area (Å²) in [5.74, 6) is 0.418. The van der Waals surface area contributed by atoms with Crippen molar-refractivity contribution >= 4 is 11.8 Å². The number of carbonyl (C=O) groups excluding carboxylic acids is 2. The van der Waals surface area contributed by atoms with Crippen LogP contribution in [0, 0.1) is 27.7 Å². The maximum atomic E-state index is 13.9. The van der Waals surface area contributed by atoms with Crippen molar-refractivity contribution in [3.05, 3.63) is 100 Å². The van der Waals surface area contributed by atoms with Crippen LogP contribution in [0.2, 0.25) is 0 Å². The highest BCUT2D eigenvalue weighted by atomic mass is 16.5. The van der Waals surface area contributed by atoms with Gasteiger partial charge in [-0.25, -0.2) is 0 Å². The van der Waals surface area contributed by atoms with Gasteiger partial charge in [-0.15, -0.1) is 0 Å². The first-order valence-corrected chi connectivity index (χ1v) is 13.7. The van der Waals surface area contributed by atoms with E-state index in [-0.39, 0.29) is 24.5 Å². The molecule has 1 aliphatic rings. The lowest BCUT2D eigenvalue weighted by Crippen LogP contribution is -2.53. The van der Waals surface area contributed by atoms with Crippen LogP contribution in [-0.2, 0) is 22.6 Å². The summed E-state index contributed by atoms with van der Waals surface area (Å²) in [7, 11) is 0. The molecule has 0 spiro atoms. The number of hydrogen-bond donors (Lipinski definition) is 1. The van der Waals surface area contributed by atoms with Crippen LogP contribution in [0.15, 0.2) is 66.7 Å². The van der Waals surface area contributed by atoms with Crippen LogP contribution < -0.4 is 10.1 Å². The zero-order valence-corrected chi connectivity index (χ0v) is 23.1. The van der Waals surface area contributed by atoms with Crippen LogP contribution >= 0.6 is 0 Å². The summed E-state index contributed by atoms with van der Waals surface area (Å²) in [4.78, 5) is 29.4. The van der Waals surface area contributed by atoms with Crippen LogP contribution in [0.25, 0.3) is 0 Å². The highest BCUT2D eigenvalue weighted by Gasteiger charge is 2.32. The van der Waals surface area contributed by atoms with Crippen molar-refractivity contribution in [2.45, 2.75) is 78.4 Å². The molecule has 0 unspecified atom stereocenters. The molecule has 0 aromatic heterocycles. The summed E-state index contributed by atoms with van der Waals surface area (Å²) >= 11 is 0. The molecule has 5 heteroatoms. The Kier molecular flexibility index (Phi) is 9.22. The van der Waals surface area contributed by atoms with Gasteiger partial charge in [-0.1, -0.05) is 73.5 Å². The standard InChI is InChI=1S/C33H40N2O3/c1-23-18-25(3)26(4)31(19-23)38-22-32(36)35(21-28-15-9-8-12-24(28)2)30(20-27-13-6-5-7-14-27)33(37)34-29-16-10-11-17-29/h5-9,12-15,18-19,29-30H,10-11,16-17,20-22H2,1-4H3,(H,34,37)/t30-/m0/s1. The van der Waals surface area contributed by atoms with Crippen molar-refractivity contribution in [2.24, 2.45) is 0 Å². The van der Waals surface area contributed by atoms with Gasteiger partial charge in [-0.05, 0) is 80.0 Å². The summed E-state index contributed by atoms with van der Waals surface area (Å²) in [6, 6.07) is 21.6. The number of aryl methyl sites for hydroxylation is 3. The number of hydrogen-bond acceptors (Lipinski definition) is 3. The topological polar surface area (TPSA) is 58.6 Å². The van der Waals surface area contributed by atoms with Crippen LogP contribution in [0.4, 0.5) is 0 Å². The van der Waals surface area contributed by atoms with Crippen LogP contribution in [-0.4, -0.2) is 35.4 Å². The van der Waals surface area contributed by atoms with E-state index in [0.717, 1.165) is 59.1 Å². The minimum Gasteiger partial charge on any atom is -0.483 e. The largest absolute Gasteiger partial charge is 0.483 e. The molecule has 0 heterocycles. The Morgan fingerprint density at radius 3 is 2.32 bits per heavy atom. The predicted octanol–water partition coefficient (Wildman–Crippen LogP) is 6.00. The Morgan fingerprint density at radius 1 is 0.921 bits per heavy atom. The van der Waals surface area contributed by atoms with E-state index in [2.05, 4.69) is 11.4 Å². The fourth-order valence-electron chi connectivity index (χ4n) is 5.27. The van der Waals surface area contributed by atoms with Gasteiger partial charge in [0.15, 0.2) is 6.61 Å². The van der Waals surface area contributed by atoms with Crippen LogP contribution in [0.3, 0.4) is 0 Å². The summed E-state index contributed by atoms with van der Waals surface area (Å²) in [6.07, 6.45) is 4.68. The molecule has 3 aromatic rings. The summed E-state index contributed by atoms with van der Waals surface area (Å²) in [5.41, 5.74) is 6.37. The highest BCUT2D eigenvalue weighted by Crippen LogP contribution is 2.24. The molecule has 3 aromatic carbocycles. The smallest absolute Gasteiger partial charge is 0.261 e. The van der Waals surface area contributed by atoms with Gasteiger partial charge in [-0.2, -0.15) is 0 Å². The number of carbonyl (C=O) groups is 2. The van der Waals surface area contributed by atoms with E-state index in [4.69, 9.17) is 4.74 Å².